The van der Waals surface area contributed by atoms with Crippen LogP contribution in [0.25, 0.3) is 11.0 Å². The zero-order valence-electron chi connectivity index (χ0n) is 14.3. The summed E-state index contributed by atoms with van der Waals surface area (Å²) in [4.78, 5) is 19.8. The third-order valence-corrected chi connectivity index (χ3v) is 4.20. The Morgan fingerprint density at radius 3 is 2.42 bits per heavy atom. The maximum absolute atomic E-state index is 12.3. The molecule has 0 aliphatic carbocycles. The second-order valence-electron chi connectivity index (χ2n) is 5.83. The van der Waals surface area contributed by atoms with E-state index in [1.54, 1.807) is 14.2 Å². The van der Waals surface area contributed by atoms with E-state index in [9.17, 15) is 4.79 Å². The van der Waals surface area contributed by atoms with E-state index in [2.05, 4.69) is 9.97 Å². The molecule has 3 rings (SSSR count). The summed E-state index contributed by atoms with van der Waals surface area (Å²) >= 11 is 0. The quantitative estimate of drug-likeness (QED) is 0.801. The molecule has 0 spiro atoms. The summed E-state index contributed by atoms with van der Waals surface area (Å²) in [6.07, 6.45) is 0.429. The SMILES string of the molecule is COc1ccc(Cc2nc3cc(C)c(C)cc3[nH]c2=O)cc1OC. The fraction of sp³-hybridized carbons (Fsp3) is 0.263. The summed E-state index contributed by atoms with van der Waals surface area (Å²) in [6.45, 7) is 4.06. The molecule has 5 heteroatoms. The van der Waals surface area contributed by atoms with E-state index in [-0.39, 0.29) is 5.56 Å². The first-order valence-electron chi connectivity index (χ1n) is 7.73. The average molecular weight is 324 g/mol. The first kappa shape index (κ1) is 16.1. The number of hydrogen-bond donors (Lipinski definition) is 1. The lowest BCUT2D eigenvalue weighted by Gasteiger charge is -2.10. The Hall–Kier alpha value is -2.82. The second kappa shape index (κ2) is 6.35. The topological polar surface area (TPSA) is 64.2 Å². The van der Waals surface area contributed by atoms with Crippen molar-refractivity contribution < 1.29 is 9.47 Å². The number of fused-ring (bicyclic) bond motifs is 1. The number of H-pyrrole nitrogens is 1. The van der Waals surface area contributed by atoms with Gasteiger partial charge in [-0.3, -0.25) is 4.79 Å². The Bertz CT molecular complexity index is 961. The summed E-state index contributed by atoms with van der Waals surface area (Å²) in [5, 5.41) is 0. The van der Waals surface area contributed by atoms with Crippen molar-refractivity contribution in [3.63, 3.8) is 0 Å². The maximum Gasteiger partial charge on any atom is 0.270 e. The number of nitrogens with one attached hydrogen (secondary N) is 1. The normalized spacial score (nSPS) is 10.8. The van der Waals surface area contributed by atoms with Crippen LogP contribution in [0.2, 0.25) is 0 Å². The summed E-state index contributed by atoms with van der Waals surface area (Å²) < 4.78 is 10.6. The molecular weight excluding hydrogens is 304 g/mol. The highest BCUT2D eigenvalue weighted by molar-refractivity contribution is 5.76. The molecule has 0 aliphatic rings. The Morgan fingerprint density at radius 2 is 1.71 bits per heavy atom. The minimum Gasteiger partial charge on any atom is -0.493 e. The maximum atomic E-state index is 12.3. The van der Waals surface area contributed by atoms with Crippen LogP contribution in [-0.4, -0.2) is 24.2 Å². The molecule has 0 fully saturated rings. The standard InChI is InChI=1S/C19H20N2O3/c1-11-7-14-15(8-12(11)2)21-19(22)16(20-14)9-13-5-6-17(23-3)18(10-13)24-4/h5-8,10H,9H2,1-4H3,(H,21,22). The van der Waals surface area contributed by atoms with Gasteiger partial charge in [0.25, 0.3) is 5.56 Å². The van der Waals surface area contributed by atoms with E-state index in [4.69, 9.17) is 9.47 Å². The fourth-order valence-electron chi connectivity index (χ4n) is 2.69. The van der Waals surface area contributed by atoms with Crippen LogP contribution in [0.5, 0.6) is 11.5 Å². The molecule has 0 amide bonds. The van der Waals surface area contributed by atoms with E-state index in [0.717, 1.165) is 27.7 Å². The molecule has 1 N–H and O–H groups in total. The van der Waals surface area contributed by atoms with Gasteiger partial charge in [0.05, 0.1) is 25.3 Å². The van der Waals surface area contributed by atoms with Crippen LogP contribution in [0.4, 0.5) is 0 Å². The zero-order valence-corrected chi connectivity index (χ0v) is 14.3. The number of aromatic amines is 1. The predicted molar refractivity (Wildman–Crippen MR) is 94.2 cm³/mol. The van der Waals surface area contributed by atoms with Gasteiger partial charge >= 0.3 is 0 Å². The van der Waals surface area contributed by atoms with Crippen molar-refractivity contribution >= 4 is 11.0 Å². The minimum absolute atomic E-state index is 0.166. The minimum atomic E-state index is -0.166. The smallest absolute Gasteiger partial charge is 0.270 e. The Morgan fingerprint density at radius 1 is 1.00 bits per heavy atom. The summed E-state index contributed by atoms with van der Waals surface area (Å²) in [5.74, 6) is 1.30. The molecule has 1 aromatic heterocycles. The molecular formula is C19H20N2O3. The van der Waals surface area contributed by atoms with Crippen molar-refractivity contribution in [2.75, 3.05) is 14.2 Å². The van der Waals surface area contributed by atoms with E-state index < -0.39 is 0 Å². The van der Waals surface area contributed by atoms with Gasteiger partial charge in [0, 0.05) is 6.42 Å². The van der Waals surface area contributed by atoms with Gasteiger partial charge < -0.3 is 14.5 Å². The molecule has 5 nitrogen and oxygen atoms in total. The first-order valence-corrected chi connectivity index (χ1v) is 7.73. The second-order valence-corrected chi connectivity index (χ2v) is 5.83. The Labute approximate surface area is 140 Å². The van der Waals surface area contributed by atoms with Crippen molar-refractivity contribution in [3.8, 4) is 11.5 Å². The van der Waals surface area contributed by atoms with Crippen molar-refractivity contribution in [1.82, 2.24) is 9.97 Å². The van der Waals surface area contributed by atoms with Gasteiger partial charge in [-0.05, 0) is 54.8 Å². The van der Waals surface area contributed by atoms with Crippen LogP contribution in [0, 0.1) is 13.8 Å². The molecule has 0 radical (unpaired) electrons. The van der Waals surface area contributed by atoms with Gasteiger partial charge in [-0.25, -0.2) is 4.98 Å². The average Bonchev–Trinajstić information content (AvgIpc) is 2.57. The lowest BCUT2D eigenvalue weighted by atomic mass is 10.1. The lowest BCUT2D eigenvalue weighted by Crippen LogP contribution is -2.15. The number of aryl methyl sites for hydroxylation is 2. The Balaban J connectivity index is 2.02. The number of rotatable bonds is 4. The number of benzene rings is 2. The molecule has 24 heavy (non-hydrogen) atoms. The van der Waals surface area contributed by atoms with Crippen molar-refractivity contribution in [2.24, 2.45) is 0 Å². The zero-order chi connectivity index (χ0) is 17.3. The molecule has 124 valence electrons. The molecule has 0 saturated heterocycles. The van der Waals surface area contributed by atoms with E-state index >= 15 is 0 Å². The molecule has 0 bridgehead atoms. The van der Waals surface area contributed by atoms with Crippen LogP contribution < -0.4 is 15.0 Å². The van der Waals surface area contributed by atoms with E-state index in [1.165, 1.54) is 0 Å². The van der Waals surface area contributed by atoms with Gasteiger partial charge in [0.2, 0.25) is 0 Å². The monoisotopic (exact) mass is 324 g/mol. The molecule has 1 heterocycles. The highest BCUT2D eigenvalue weighted by Crippen LogP contribution is 2.28. The number of methoxy groups -OCH3 is 2. The largest absolute Gasteiger partial charge is 0.493 e. The molecule has 2 aromatic carbocycles. The van der Waals surface area contributed by atoms with E-state index in [1.807, 2.05) is 44.2 Å². The molecule has 0 unspecified atom stereocenters. The molecule has 0 saturated carbocycles. The summed E-state index contributed by atoms with van der Waals surface area (Å²) in [5.41, 5.74) is 5.10. The van der Waals surface area contributed by atoms with Gasteiger partial charge in [0.15, 0.2) is 11.5 Å². The van der Waals surface area contributed by atoms with Crippen molar-refractivity contribution in [3.05, 3.63) is 63.1 Å². The van der Waals surface area contributed by atoms with Crippen LogP contribution in [-0.2, 0) is 6.42 Å². The first-order chi connectivity index (χ1) is 11.5. The van der Waals surface area contributed by atoms with Gasteiger partial charge in [-0.2, -0.15) is 0 Å². The van der Waals surface area contributed by atoms with Crippen LogP contribution in [0.1, 0.15) is 22.4 Å². The summed E-state index contributed by atoms with van der Waals surface area (Å²) in [7, 11) is 3.19. The van der Waals surface area contributed by atoms with Crippen LogP contribution in [0.3, 0.4) is 0 Å². The van der Waals surface area contributed by atoms with Crippen LogP contribution >= 0.6 is 0 Å². The van der Waals surface area contributed by atoms with E-state index in [0.29, 0.717) is 23.6 Å². The fourth-order valence-corrected chi connectivity index (χ4v) is 2.69. The third kappa shape index (κ3) is 2.97. The van der Waals surface area contributed by atoms with Gasteiger partial charge in [0.1, 0.15) is 5.69 Å². The number of hydrogen-bond acceptors (Lipinski definition) is 4. The predicted octanol–water partition coefficient (Wildman–Crippen LogP) is 3.15. The Kier molecular flexibility index (Phi) is 4.25. The highest BCUT2D eigenvalue weighted by Gasteiger charge is 2.10. The summed E-state index contributed by atoms with van der Waals surface area (Å²) in [6, 6.07) is 9.56. The number of ether oxygens (including phenoxy) is 2. The van der Waals surface area contributed by atoms with Gasteiger partial charge in [-0.15, -0.1) is 0 Å². The molecule has 3 aromatic rings. The third-order valence-electron chi connectivity index (χ3n) is 4.20. The number of nitrogens with zero attached hydrogens (tertiary/aromatic N) is 1. The van der Waals surface area contributed by atoms with Crippen LogP contribution in [0.15, 0.2) is 35.1 Å². The van der Waals surface area contributed by atoms with Crippen molar-refractivity contribution in [2.45, 2.75) is 20.3 Å². The number of aromatic nitrogens is 2. The van der Waals surface area contributed by atoms with Crippen molar-refractivity contribution in [1.29, 1.82) is 0 Å². The molecule has 0 atom stereocenters. The van der Waals surface area contributed by atoms with Gasteiger partial charge in [-0.1, -0.05) is 6.07 Å². The molecule has 0 aliphatic heterocycles. The lowest BCUT2D eigenvalue weighted by molar-refractivity contribution is 0.354. The highest BCUT2D eigenvalue weighted by atomic mass is 16.5.